The van der Waals surface area contributed by atoms with Gasteiger partial charge in [0.05, 0.1) is 45.7 Å². The summed E-state index contributed by atoms with van der Waals surface area (Å²) in [6.45, 7) is -2.69. The van der Waals surface area contributed by atoms with Crippen LogP contribution in [0.3, 0.4) is 0 Å². The van der Waals surface area contributed by atoms with Gasteiger partial charge in [-0.1, -0.05) is 29.7 Å². The lowest BCUT2D eigenvalue weighted by atomic mass is 10.1. The molecule has 0 radical (unpaired) electrons. The van der Waals surface area contributed by atoms with Crippen molar-refractivity contribution >= 4 is 85.8 Å². The standard InChI is InChI=1S/C43H58N8O15S2/c52-34(10-20-67-68-37-7-3-6-13-46-37)44-11-4-1-2-5-12-45-35(53)22-31-21-30-8-9-32(23-33(30)66-43(31)65)47-36(54)24-50(27-40(59)60)18-16-48(25-38(55)56)14-15-49(26-39(57)58)17-19-51(28-41(61)62)29-42(63)64/h3,6-9,13,21,23H,1-2,4-5,10-12,14-20,22,24-29H2,(H,44,52)(H,45,53)(H,47,54)(H,55,56)(H,57,58)(H,59,60)(H,61,62)(H,63,64). The van der Waals surface area contributed by atoms with Crippen molar-refractivity contribution in [2.75, 3.05) is 103 Å². The van der Waals surface area contributed by atoms with Crippen molar-refractivity contribution in [1.82, 2.24) is 35.2 Å². The number of pyridine rings is 1. The molecule has 8 N–H and O–H groups in total. The third kappa shape index (κ3) is 24.6. The number of hydrogen-bond acceptors (Lipinski definition) is 17. The molecule has 2 aromatic heterocycles. The third-order valence-electron chi connectivity index (χ3n) is 9.74. The molecular formula is C43H58N8O15S2. The SMILES string of the molecule is O=C(O)CN(CCN(CCN(CC(=O)O)CC(=O)Nc1ccc2cc(CC(=O)NCCCCCCNC(=O)CCSSc3ccccn3)c(=O)oc2c1)CC(=O)O)CCN(CC(=O)O)CC(=O)O. The molecule has 372 valence electrons. The van der Waals surface area contributed by atoms with E-state index in [1.165, 1.54) is 43.7 Å². The van der Waals surface area contributed by atoms with E-state index in [0.29, 0.717) is 37.1 Å². The highest BCUT2D eigenvalue weighted by atomic mass is 33.1. The van der Waals surface area contributed by atoms with E-state index in [2.05, 4.69) is 20.9 Å². The summed E-state index contributed by atoms with van der Waals surface area (Å²) in [6, 6.07) is 11.7. The van der Waals surface area contributed by atoms with Gasteiger partial charge < -0.3 is 45.9 Å². The van der Waals surface area contributed by atoms with Gasteiger partial charge in [-0.25, -0.2) is 9.78 Å². The lowest BCUT2D eigenvalue weighted by Crippen LogP contribution is -2.46. The maximum atomic E-state index is 13.1. The number of carbonyl (C=O) groups excluding carboxylic acids is 3. The number of anilines is 1. The number of nitrogens with zero attached hydrogens (tertiary/aromatic N) is 5. The summed E-state index contributed by atoms with van der Waals surface area (Å²) in [5.41, 5.74) is -0.278. The molecule has 0 aliphatic rings. The molecule has 0 bridgehead atoms. The monoisotopic (exact) mass is 990 g/mol. The fraction of sp³-hybridized carbons (Fsp3) is 0.488. The molecule has 0 aliphatic heterocycles. The van der Waals surface area contributed by atoms with Crippen molar-refractivity contribution in [2.24, 2.45) is 0 Å². The molecule has 25 heteroatoms. The Bertz CT molecular complexity index is 2200. The molecule has 0 saturated heterocycles. The minimum absolute atomic E-state index is 0.00325. The van der Waals surface area contributed by atoms with E-state index in [-0.39, 0.29) is 74.3 Å². The fourth-order valence-corrected chi connectivity index (χ4v) is 8.42. The van der Waals surface area contributed by atoms with Gasteiger partial charge >= 0.3 is 35.5 Å². The highest BCUT2D eigenvalue weighted by Gasteiger charge is 2.21. The Morgan fingerprint density at radius 2 is 1.10 bits per heavy atom. The van der Waals surface area contributed by atoms with Gasteiger partial charge in [-0.05, 0) is 54.0 Å². The van der Waals surface area contributed by atoms with Crippen LogP contribution in [0.1, 0.15) is 37.7 Å². The first-order valence-electron chi connectivity index (χ1n) is 21.5. The summed E-state index contributed by atoms with van der Waals surface area (Å²) in [6.07, 6.45) is 5.15. The van der Waals surface area contributed by atoms with Crippen LogP contribution < -0.4 is 21.6 Å². The minimum atomic E-state index is -1.28. The first-order chi connectivity index (χ1) is 32.4. The number of rotatable bonds is 36. The van der Waals surface area contributed by atoms with Gasteiger partial charge in [-0.2, -0.15) is 0 Å². The lowest BCUT2D eigenvalue weighted by molar-refractivity contribution is -0.143. The quantitative estimate of drug-likeness (QED) is 0.0228. The Labute approximate surface area is 399 Å². The zero-order valence-electron chi connectivity index (χ0n) is 37.3. The van der Waals surface area contributed by atoms with Crippen molar-refractivity contribution in [3.8, 4) is 0 Å². The van der Waals surface area contributed by atoms with Crippen LogP contribution in [-0.4, -0.2) is 195 Å². The molecule has 23 nitrogen and oxygen atoms in total. The number of unbranched alkanes of at least 4 members (excludes halogenated alkanes) is 3. The maximum absolute atomic E-state index is 13.1. The predicted molar refractivity (Wildman–Crippen MR) is 250 cm³/mol. The Morgan fingerprint density at radius 3 is 1.63 bits per heavy atom. The number of nitrogens with one attached hydrogen (secondary N) is 3. The van der Waals surface area contributed by atoms with Crippen LogP contribution in [0.4, 0.5) is 5.69 Å². The Hall–Kier alpha value is -6.12. The van der Waals surface area contributed by atoms with Crippen LogP contribution in [0, 0.1) is 0 Å². The van der Waals surface area contributed by atoms with Gasteiger partial charge in [0.1, 0.15) is 10.6 Å². The average Bonchev–Trinajstić information content (AvgIpc) is 3.25. The summed E-state index contributed by atoms with van der Waals surface area (Å²) >= 11 is 0. The number of carboxylic acid groups (broad SMARTS) is 5. The van der Waals surface area contributed by atoms with Crippen LogP contribution in [-0.2, 0) is 44.8 Å². The maximum Gasteiger partial charge on any atom is 0.339 e. The first kappa shape index (κ1) is 56.2. The van der Waals surface area contributed by atoms with Crippen LogP contribution in [0.2, 0.25) is 0 Å². The number of hydrogen-bond donors (Lipinski definition) is 8. The van der Waals surface area contributed by atoms with Crippen molar-refractivity contribution in [3.05, 3.63) is 64.6 Å². The minimum Gasteiger partial charge on any atom is -0.480 e. The van der Waals surface area contributed by atoms with Gasteiger partial charge in [0.15, 0.2) is 0 Å². The van der Waals surface area contributed by atoms with Crippen LogP contribution in [0.5, 0.6) is 0 Å². The number of aliphatic carboxylic acids is 5. The summed E-state index contributed by atoms with van der Waals surface area (Å²) in [5.74, 6) is -6.63. The number of amides is 3. The van der Waals surface area contributed by atoms with E-state index < -0.39 is 80.6 Å². The molecule has 68 heavy (non-hydrogen) atoms. The fourth-order valence-electron chi connectivity index (χ4n) is 6.55. The molecule has 0 spiro atoms. The molecule has 3 rings (SSSR count). The van der Waals surface area contributed by atoms with Gasteiger partial charge in [-0.15, -0.1) is 0 Å². The topological polar surface area (TPSA) is 330 Å². The van der Waals surface area contributed by atoms with E-state index in [1.807, 2.05) is 18.2 Å². The zero-order valence-corrected chi connectivity index (χ0v) is 39.0. The second-order valence-electron chi connectivity index (χ2n) is 15.4. The molecule has 0 aliphatic carbocycles. The van der Waals surface area contributed by atoms with Gasteiger partial charge in [0.2, 0.25) is 17.7 Å². The van der Waals surface area contributed by atoms with E-state index >= 15 is 0 Å². The number of carbonyl (C=O) groups is 8. The summed E-state index contributed by atoms with van der Waals surface area (Å²) in [7, 11) is 3.11. The molecule has 2 heterocycles. The van der Waals surface area contributed by atoms with Crippen molar-refractivity contribution in [1.29, 1.82) is 0 Å². The molecule has 1 aromatic carbocycles. The Balaban J connectivity index is 1.44. The smallest absolute Gasteiger partial charge is 0.339 e. The molecule has 3 amide bonds. The Kier molecular flexibility index (Phi) is 25.6. The molecular weight excluding hydrogens is 933 g/mol. The second-order valence-corrected chi connectivity index (χ2v) is 17.9. The highest BCUT2D eigenvalue weighted by molar-refractivity contribution is 8.76. The molecule has 0 saturated carbocycles. The number of aromatic nitrogens is 1. The lowest BCUT2D eigenvalue weighted by Gasteiger charge is -2.29. The van der Waals surface area contributed by atoms with Crippen molar-refractivity contribution in [2.45, 2.75) is 43.6 Å². The van der Waals surface area contributed by atoms with E-state index in [1.54, 1.807) is 23.1 Å². The van der Waals surface area contributed by atoms with Crippen LogP contribution >= 0.6 is 21.6 Å². The van der Waals surface area contributed by atoms with E-state index in [0.717, 1.165) is 29.2 Å². The number of benzene rings is 1. The largest absolute Gasteiger partial charge is 0.480 e. The number of fused-ring (bicyclic) bond motifs is 1. The highest BCUT2D eigenvalue weighted by Crippen LogP contribution is 2.29. The van der Waals surface area contributed by atoms with Crippen LogP contribution in [0.15, 0.2) is 62.9 Å². The third-order valence-corrected chi connectivity index (χ3v) is 12.0. The summed E-state index contributed by atoms with van der Waals surface area (Å²) in [5, 5.41) is 56.4. The molecule has 3 aromatic rings. The normalized spacial score (nSPS) is 11.3. The van der Waals surface area contributed by atoms with Gasteiger partial charge in [-0.3, -0.25) is 58.0 Å². The van der Waals surface area contributed by atoms with E-state index in [9.17, 15) is 58.5 Å². The molecule has 0 fully saturated rings. The van der Waals surface area contributed by atoms with Crippen molar-refractivity contribution < 1.29 is 68.3 Å². The average molecular weight is 991 g/mol. The van der Waals surface area contributed by atoms with Crippen molar-refractivity contribution in [3.63, 3.8) is 0 Å². The van der Waals surface area contributed by atoms with E-state index in [4.69, 9.17) is 14.6 Å². The molecule has 0 atom stereocenters. The zero-order chi connectivity index (χ0) is 49.8. The van der Waals surface area contributed by atoms with Gasteiger partial charge in [0, 0.05) is 93.4 Å². The predicted octanol–water partition coefficient (Wildman–Crippen LogP) is 0.923. The summed E-state index contributed by atoms with van der Waals surface area (Å²) in [4.78, 5) is 117. The van der Waals surface area contributed by atoms with Gasteiger partial charge in [0.25, 0.3) is 0 Å². The van der Waals surface area contributed by atoms with Crippen LogP contribution in [0.25, 0.3) is 11.0 Å². The first-order valence-corrected chi connectivity index (χ1v) is 23.9. The summed E-state index contributed by atoms with van der Waals surface area (Å²) < 4.78 is 5.46. The second kappa shape index (κ2) is 31.0. The Morgan fingerprint density at radius 1 is 0.588 bits per heavy atom. The number of carboxylic acids is 5. The molecule has 0 unspecified atom stereocenters.